The summed E-state index contributed by atoms with van der Waals surface area (Å²) >= 11 is 0. The van der Waals surface area contributed by atoms with Gasteiger partial charge in [-0.3, -0.25) is 9.80 Å². The van der Waals surface area contributed by atoms with Gasteiger partial charge in [-0.15, -0.1) is 0 Å². The van der Waals surface area contributed by atoms with Crippen LogP contribution in [0.1, 0.15) is 25.3 Å². The summed E-state index contributed by atoms with van der Waals surface area (Å²) in [5, 5.41) is 1.57. The van der Waals surface area contributed by atoms with E-state index in [1.807, 2.05) is 0 Å². The van der Waals surface area contributed by atoms with E-state index in [-0.39, 0.29) is 0 Å². The summed E-state index contributed by atoms with van der Waals surface area (Å²) in [5.74, 6) is 0. The van der Waals surface area contributed by atoms with Gasteiger partial charge in [0.15, 0.2) is 0 Å². The van der Waals surface area contributed by atoms with E-state index in [2.05, 4.69) is 60.6 Å². The molecule has 1 aromatic carbocycles. The number of fused-ring (bicyclic) bond motifs is 1. The van der Waals surface area contributed by atoms with Gasteiger partial charge in [-0.05, 0) is 31.9 Å². The third kappa shape index (κ3) is 3.41. The van der Waals surface area contributed by atoms with Crippen LogP contribution in [0.15, 0.2) is 24.3 Å². The molecular formula is C18H30N2Si. The molecule has 2 saturated heterocycles. The van der Waals surface area contributed by atoms with Gasteiger partial charge in [-0.1, -0.05) is 49.1 Å². The van der Waals surface area contributed by atoms with Gasteiger partial charge in [0.25, 0.3) is 0 Å². The van der Waals surface area contributed by atoms with Crippen LogP contribution in [0.25, 0.3) is 0 Å². The van der Waals surface area contributed by atoms with Gasteiger partial charge in [-0.2, -0.15) is 0 Å². The molecule has 2 atom stereocenters. The van der Waals surface area contributed by atoms with E-state index in [4.69, 9.17) is 0 Å². The van der Waals surface area contributed by atoms with E-state index < -0.39 is 8.07 Å². The molecule has 0 spiro atoms. The molecule has 1 aromatic rings. The standard InChI is InChI=1S/C18H30N2Si/c1-15-12-19-11-5-6-17(19)14-20(15)13-16-7-9-18(10-8-16)21(2,3)4/h7-10,15,17H,5-6,11-14H2,1-4H3. The third-order valence-electron chi connectivity index (χ3n) is 5.27. The van der Waals surface area contributed by atoms with E-state index >= 15 is 0 Å². The Labute approximate surface area is 131 Å². The lowest BCUT2D eigenvalue weighted by atomic mass is 10.1. The van der Waals surface area contributed by atoms with Crippen molar-refractivity contribution in [2.24, 2.45) is 0 Å². The van der Waals surface area contributed by atoms with Gasteiger partial charge in [-0.25, -0.2) is 0 Å². The van der Waals surface area contributed by atoms with Crippen molar-refractivity contribution in [1.29, 1.82) is 0 Å². The van der Waals surface area contributed by atoms with Crippen LogP contribution < -0.4 is 5.19 Å². The monoisotopic (exact) mass is 302 g/mol. The number of nitrogens with zero attached hydrogens (tertiary/aromatic N) is 2. The second kappa shape index (κ2) is 5.86. The number of hydrogen-bond donors (Lipinski definition) is 0. The highest BCUT2D eigenvalue weighted by Crippen LogP contribution is 2.25. The van der Waals surface area contributed by atoms with Crippen LogP contribution >= 0.6 is 0 Å². The van der Waals surface area contributed by atoms with Crippen molar-refractivity contribution < 1.29 is 0 Å². The smallest absolute Gasteiger partial charge is 0.0775 e. The molecule has 116 valence electrons. The van der Waals surface area contributed by atoms with E-state index in [0.29, 0.717) is 6.04 Å². The molecule has 2 aliphatic rings. The molecule has 0 aliphatic carbocycles. The van der Waals surface area contributed by atoms with Crippen LogP contribution in [0, 0.1) is 0 Å². The molecule has 3 rings (SSSR count). The lowest BCUT2D eigenvalue weighted by Gasteiger charge is -2.42. The second-order valence-corrected chi connectivity index (χ2v) is 13.1. The lowest BCUT2D eigenvalue weighted by Crippen LogP contribution is -2.54. The summed E-state index contributed by atoms with van der Waals surface area (Å²) in [7, 11) is -1.16. The van der Waals surface area contributed by atoms with Crippen molar-refractivity contribution in [2.45, 2.75) is 58.0 Å². The number of rotatable bonds is 3. The molecule has 0 bridgehead atoms. The van der Waals surface area contributed by atoms with E-state index in [1.54, 1.807) is 5.19 Å². The molecule has 2 fully saturated rings. The summed E-state index contributed by atoms with van der Waals surface area (Å²) in [4.78, 5) is 5.39. The largest absolute Gasteiger partial charge is 0.298 e. The zero-order valence-electron chi connectivity index (χ0n) is 14.1. The van der Waals surface area contributed by atoms with Gasteiger partial charge in [0.1, 0.15) is 0 Å². The van der Waals surface area contributed by atoms with Crippen LogP contribution in [0.5, 0.6) is 0 Å². The molecular weight excluding hydrogens is 272 g/mol. The molecule has 3 heteroatoms. The molecule has 0 saturated carbocycles. The van der Waals surface area contributed by atoms with Crippen molar-refractivity contribution in [2.75, 3.05) is 19.6 Å². The Morgan fingerprint density at radius 1 is 1.10 bits per heavy atom. The van der Waals surface area contributed by atoms with Gasteiger partial charge in [0.05, 0.1) is 8.07 Å². The summed E-state index contributed by atoms with van der Waals surface area (Å²) in [6.07, 6.45) is 2.80. The molecule has 0 amide bonds. The third-order valence-corrected chi connectivity index (χ3v) is 7.34. The van der Waals surface area contributed by atoms with Crippen LogP contribution in [0.3, 0.4) is 0 Å². The van der Waals surface area contributed by atoms with Gasteiger partial charge >= 0.3 is 0 Å². The van der Waals surface area contributed by atoms with E-state index in [0.717, 1.165) is 12.6 Å². The van der Waals surface area contributed by atoms with Crippen molar-refractivity contribution in [3.8, 4) is 0 Å². The maximum Gasteiger partial charge on any atom is 0.0775 e. The van der Waals surface area contributed by atoms with Crippen molar-refractivity contribution in [3.63, 3.8) is 0 Å². The van der Waals surface area contributed by atoms with Crippen LogP contribution in [0.2, 0.25) is 19.6 Å². The highest BCUT2D eigenvalue weighted by atomic mass is 28.3. The highest BCUT2D eigenvalue weighted by molar-refractivity contribution is 6.88. The SMILES string of the molecule is CC1CN2CCCC2CN1Cc1ccc([Si](C)(C)C)cc1. The summed E-state index contributed by atoms with van der Waals surface area (Å²) in [6.45, 7) is 14.6. The van der Waals surface area contributed by atoms with Crippen LogP contribution in [-0.2, 0) is 6.54 Å². The molecule has 2 unspecified atom stereocenters. The minimum Gasteiger partial charge on any atom is -0.298 e. The summed E-state index contributed by atoms with van der Waals surface area (Å²) in [6, 6.07) is 11.0. The number of hydrogen-bond acceptors (Lipinski definition) is 2. The van der Waals surface area contributed by atoms with Gasteiger partial charge in [0, 0.05) is 31.7 Å². The van der Waals surface area contributed by atoms with E-state index in [9.17, 15) is 0 Å². The van der Waals surface area contributed by atoms with Crippen molar-refractivity contribution >= 4 is 13.3 Å². The molecule has 0 radical (unpaired) electrons. The molecule has 2 aliphatic heterocycles. The molecule has 2 nitrogen and oxygen atoms in total. The van der Waals surface area contributed by atoms with Crippen LogP contribution in [-0.4, -0.2) is 49.6 Å². The van der Waals surface area contributed by atoms with Crippen molar-refractivity contribution in [1.82, 2.24) is 9.80 Å². The van der Waals surface area contributed by atoms with Gasteiger partial charge in [0.2, 0.25) is 0 Å². The fourth-order valence-electron chi connectivity index (χ4n) is 3.81. The fraction of sp³-hybridized carbons (Fsp3) is 0.667. The lowest BCUT2D eigenvalue weighted by molar-refractivity contribution is 0.0540. The Kier molecular flexibility index (Phi) is 4.26. The Balaban J connectivity index is 1.66. The summed E-state index contributed by atoms with van der Waals surface area (Å²) < 4.78 is 0. The Bertz CT molecular complexity index is 477. The number of piperazine rings is 1. The predicted octanol–water partition coefficient (Wildman–Crippen LogP) is 2.90. The summed E-state index contributed by atoms with van der Waals surface area (Å²) in [5.41, 5.74) is 1.48. The predicted molar refractivity (Wildman–Crippen MR) is 93.9 cm³/mol. The Hall–Kier alpha value is -0.643. The van der Waals surface area contributed by atoms with Crippen molar-refractivity contribution in [3.05, 3.63) is 29.8 Å². The zero-order chi connectivity index (χ0) is 15.0. The maximum absolute atomic E-state index is 2.70. The molecule has 0 N–H and O–H groups in total. The first-order valence-electron chi connectivity index (χ1n) is 8.51. The maximum atomic E-state index is 2.70. The average molecular weight is 303 g/mol. The molecule has 0 aromatic heterocycles. The fourth-order valence-corrected chi connectivity index (χ4v) is 4.98. The molecule has 2 heterocycles. The quantitative estimate of drug-likeness (QED) is 0.792. The minimum atomic E-state index is -1.16. The minimum absolute atomic E-state index is 0.691. The second-order valence-electron chi connectivity index (χ2n) is 8.02. The van der Waals surface area contributed by atoms with Crippen LogP contribution in [0.4, 0.5) is 0 Å². The Morgan fingerprint density at radius 3 is 2.48 bits per heavy atom. The van der Waals surface area contributed by atoms with Gasteiger partial charge < -0.3 is 0 Å². The normalized spacial score (nSPS) is 27.8. The highest BCUT2D eigenvalue weighted by Gasteiger charge is 2.34. The first-order valence-corrected chi connectivity index (χ1v) is 12.0. The Morgan fingerprint density at radius 2 is 1.81 bits per heavy atom. The zero-order valence-corrected chi connectivity index (χ0v) is 15.1. The van der Waals surface area contributed by atoms with E-state index in [1.165, 1.54) is 38.0 Å². The molecule has 21 heavy (non-hydrogen) atoms. The first kappa shape index (κ1) is 15.3. The average Bonchev–Trinajstić information content (AvgIpc) is 2.86. The topological polar surface area (TPSA) is 6.48 Å². The number of benzene rings is 1. The first-order chi connectivity index (χ1) is 9.93.